The molecule has 0 aromatic heterocycles. The van der Waals surface area contributed by atoms with E-state index in [1.165, 1.54) is 0 Å². The summed E-state index contributed by atoms with van der Waals surface area (Å²) in [7, 11) is 0. The molecule has 1 aliphatic heterocycles. The van der Waals surface area contributed by atoms with E-state index in [0.717, 1.165) is 11.8 Å². The molecule has 1 aliphatic rings. The molecule has 15 heavy (non-hydrogen) atoms. The molecule has 0 radical (unpaired) electrons. The van der Waals surface area contributed by atoms with Gasteiger partial charge in [0.15, 0.2) is 0 Å². The normalized spacial score (nSPS) is 31.1. The number of carboxylic acid groups (broad SMARTS) is 2. The molecular formula is C8H12N2O4S-2. The Labute approximate surface area is 91.2 Å². The van der Waals surface area contributed by atoms with Gasteiger partial charge in [-0.3, -0.25) is 5.32 Å². The maximum Gasteiger partial charge on any atom is 0.0751 e. The summed E-state index contributed by atoms with van der Waals surface area (Å²) in [6.07, 6.45) is 0. The van der Waals surface area contributed by atoms with Crippen molar-refractivity contribution >= 4 is 23.7 Å². The van der Waals surface area contributed by atoms with E-state index in [0.29, 0.717) is 0 Å². The highest BCUT2D eigenvalue weighted by molar-refractivity contribution is 8.01. The fraction of sp³-hybridized carbons (Fsp3) is 0.750. The fourth-order valence-electron chi connectivity index (χ4n) is 1.45. The second kappa shape index (κ2) is 3.99. The highest BCUT2D eigenvalue weighted by atomic mass is 32.2. The number of hydrogen-bond acceptors (Lipinski definition) is 7. The average Bonchev–Trinajstić information content (AvgIpc) is 2.39. The van der Waals surface area contributed by atoms with E-state index >= 15 is 0 Å². The first-order valence-corrected chi connectivity index (χ1v) is 5.25. The molecule has 0 aromatic rings. The first kappa shape index (κ1) is 12.3. The van der Waals surface area contributed by atoms with Crippen LogP contribution in [0.3, 0.4) is 0 Å². The number of aliphatic carboxylic acids is 2. The van der Waals surface area contributed by atoms with E-state index in [4.69, 9.17) is 5.73 Å². The maximum atomic E-state index is 10.8. The summed E-state index contributed by atoms with van der Waals surface area (Å²) >= 11 is 1.16. The van der Waals surface area contributed by atoms with Gasteiger partial charge in [0, 0.05) is 4.75 Å². The Morgan fingerprint density at radius 3 is 2.33 bits per heavy atom. The second-order valence-corrected chi connectivity index (χ2v) is 5.70. The minimum atomic E-state index is -1.41. The molecule has 0 bridgehead atoms. The zero-order chi connectivity index (χ0) is 11.8. The lowest BCUT2D eigenvalue weighted by molar-refractivity contribution is -0.311. The van der Waals surface area contributed by atoms with Gasteiger partial charge >= 0.3 is 0 Å². The predicted molar refractivity (Wildman–Crippen MR) is 50.4 cm³/mol. The van der Waals surface area contributed by atoms with Crippen LogP contribution in [0.4, 0.5) is 0 Å². The van der Waals surface area contributed by atoms with Crippen molar-refractivity contribution in [2.24, 2.45) is 5.73 Å². The van der Waals surface area contributed by atoms with Gasteiger partial charge in [0.2, 0.25) is 0 Å². The summed E-state index contributed by atoms with van der Waals surface area (Å²) in [5.41, 5.74) is 5.35. The van der Waals surface area contributed by atoms with E-state index in [9.17, 15) is 19.8 Å². The average molecular weight is 232 g/mol. The third-order valence-electron chi connectivity index (χ3n) is 2.29. The van der Waals surface area contributed by atoms with Gasteiger partial charge < -0.3 is 25.5 Å². The van der Waals surface area contributed by atoms with Crippen molar-refractivity contribution < 1.29 is 19.8 Å². The molecule has 1 unspecified atom stereocenters. The molecule has 6 nitrogen and oxygen atoms in total. The number of carboxylic acids is 2. The van der Waals surface area contributed by atoms with Crippen molar-refractivity contribution in [2.75, 3.05) is 0 Å². The van der Waals surface area contributed by atoms with Crippen molar-refractivity contribution in [1.82, 2.24) is 5.32 Å². The molecule has 3 N–H and O–H groups in total. The molecule has 1 rings (SSSR count). The lowest BCUT2D eigenvalue weighted by atomic mass is 10.0. The van der Waals surface area contributed by atoms with Gasteiger partial charge in [0.05, 0.1) is 29.4 Å². The Morgan fingerprint density at radius 2 is 2.00 bits per heavy atom. The summed E-state index contributed by atoms with van der Waals surface area (Å²) in [5.74, 6) is -2.67. The summed E-state index contributed by atoms with van der Waals surface area (Å²) in [6.45, 7) is 3.38. The van der Waals surface area contributed by atoms with Crippen LogP contribution < -0.4 is 21.3 Å². The third kappa shape index (κ3) is 2.42. The Kier molecular flexibility index (Phi) is 3.27. The summed E-state index contributed by atoms with van der Waals surface area (Å²) in [6, 6.07) is -2.16. The number of carbonyl (C=O) groups excluding carboxylic acids is 2. The number of thioether (sulfide) groups is 1. The van der Waals surface area contributed by atoms with Crippen molar-refractivity contribution in [3.05, 3.63) is 0 Å². The van der Waals surface area contributed by atoms with Gasteiger partial charge in [-0.2, -0.15) is 0 Å². The summed E-state index contributed by atoms with van der Waals surface area (Å²) in [4.78, 5) is 21.3. The molecule has 0 amide bonds. The van der Waals surface area contributed by atoms with E-state index in [1.807, 2.05) is 0 Å². The number of nitrogens with two attached hydrogens (primary N) is 1. The van der Waals surface area contributed by atoms with Crippen molar-refractivity contribution in [3.63, 3.8) is 0 Å². The predicted octanol–water partition coefficient (Wildman–Crippen LogP) is -3.38. The van der Waals surface area contributed by atoms with E-state index in [1.54, 1.807) is 13.8 Å². The molecule has 1 saturated heterocycles. The lowest BCUT2D eigenvalue weighted by Crippen LogP contribution is -2.56. The topological polar surface area (TPSA) is 118 Å². The fourth-order valence-corrected chi connectivity index (χ4v) is 2.86. The Morgan fingerprint density at radius 1 is 1.47 bits per heavy atom. The minimum Gasteiger partial charge on any atom is -0.548 e. The van der Waals surface area contributed by atoms with Gasteiger partial charge in [0.25, 0.3) is 0 Å². The van der Waals surface area contributed by atoms with Crippen LogP contribution in [0.15, 0.2) is 0 Å². The molecule has 0 saturated carbocycles. The first-order chi connectivity index (χ1) is 6.75. The van der Waals surface area contributed by atoms with Crippen molar-refractivity contribution in [2.45, 2.75) is 36.1 Å². The van der Waals surface area contributed by atoms with Crippen LogP contribution in [0.2, 0.25) is 0 Å². The molecule has 0 spiro atoms. The number of nitrogens with one attached hydrogen (secondary N) is 1. The summed E-state index contributed by atoms with van der Waals surface area (Å²) < 4.78 is -0.656. The van der Waals surface area contributed by atoms with Crippen LogP contribution in [0.1, 0.15) is 13.8 Å². The van der Waals surface area contributed by atoms with Crippen LogP contribution in [-0.4, -0.2) is 34.1 Å². The van der Waals surface area contributed by atoms with E-state index in [2.05, 4.69) is 5.32 Å². The monoisotopic (exact) mass is 232 g/mol. The Bertz CT molecular complexity index is 294. The van der Waals surface area contributed by atoms with Crippen molar-refractivity contribution in [3.8, 4) is 0 Å². The Hall–Kier alpha value is -0.790. The van der Waals surface area contributed by atoms with Crippen LogP contribution in [0, 0.1) is 0 Å². The molecular weight excluding hydrogens is 220 g/mol. The molecule has 7 heteroatoms. The largest absolute Gasteiger partial charge is 0.548 e. The number of rotatable bonds is 3. The van der Waals surface area contributed by atoms with Gasteiger partial charge in [-0.25, -0.2) is 0 Å². The molecule has 3 atom stereocenters. The first-order valence-electron chi connectivity index (χ1n) is 4.37. The van der Waals surface area contributed by atoms with Gasteiger partial charge in [0.1, 0.15) is 0 Å². The molecule has 1 fully saturated rings. The van der Waals surface area contributed by atoms with Crippen LogP contribution in [-0.2, 0) is 9.59 Å². The minimum absolute atomic E-state index is 0.656. The molecule has 1 heterocycles. The highest BCUT2D eigenvalue weighted by Gasteiger charge is 2.43. The Balaban J connectivity index is 2.78. The SMILES string of the molecule is CC1(C)S[C@H]([C@H](N)C(=O)[O-])NC1C(=O)[O-]. The van der Waals surface area contributed by atoms with Gasteiger partial charge in [-0.15, -0.1) is 11.8 Å². The third-order valence-corrected chi connectivity index (χ3v) is 3.82. The van der Waals surface area contributed by atoms with Crippen molar-refractivity contribution in [1.29, 1.82) is 0 Å². The standard InChI is InChI=1S/C8H14N2O4S/c1-8(2)4(7(13)14)10-5(15-8)3(9)6(11)12/h3-5,10H,9H2,1-2H3,(H,11,12)(H,13,14)/p-2/t3-,4?,5+/m0/s1. The second-order valence-electron chi connectivity index (χ2n) is 3.91. The lowest BCUT2D eigenvalue weighted by Gasteiger charge is -2.25. The number of hydrogen-bond donors (Lipinski definition) is 2. The van der Waals surface area contributed by atoms with Gasteiger partial charge in [-0.05, 0) is 13.8 Å². The quantitative estimate of drug-likeness (QED) is 0.521. The van der Waals surface area contributed by atoms with Crippen LogP contribution in [0.5, 0.6) is 0 Å². The number of carbonyl (C=O) groups is 2. The van der Waals surface area contributed by atoms with E-state index in [-0.39, 0.29) is 0 Å². The zero-order valence-corrected chi connectivity index (χ0v) is 9.17. The molecule has 0 aromatic carbocycles. The van der Waals surface area contributed by atoms with Crippen LogP contribution in [0.25, 0.3) is 0 Å². The highest BCUT2D eigenvalue weighted by Crippen LogP contribution is 2.38. The maximum absolute atomic E-state index is 10.8. The smallest absolute Gasteiger partial charge is 0.0751 e. The zero-order valence-electron chi connectivity index (χ0n) is 8.35. The summed E-state index contributed by atoms with van der Waals surface area (Å²) in [5, 5.41) is 23.2. The van der Waals surface area contributed by atoms with Crippen LogP contribution >= 0.6 is 11.8 Å². The molecule has 0 aliphatic carbocycles. The van der Waals surface area contributed by atoms with Gasteiger partial charge in [-0.1, -0.05) is 0 Å². The van der Waals surface area contributed by atoms with E-state index < -0.39 is 34.1 Å². The molecule has 86 valence electrons.